The van der Waals surface area contributed by atoms with Crippen LogP contribution in [0.25, 0.3) is 0 Å². The Morgan fingerprint density at radius 1 is 0.863 bits per heavy atom. The Balaban J connectivity index is 0.00000134. The van der Waals surface area contributed by atoms with Gasteiger partial charge in [0.1, 0.15) is 37.7 Å². The summed E-state index contributed by atoms with van der Waals surface area (Å²) in [5.74, 6) is 7.13. The molecule has 0 aromatic heterocycles. The standard InChI is InChI=1S/C25H40N6O6.C24H47N5O3.C2H6.CH2O/c1-5-6-9-20(32)31-21(16(2)3)23(34)30-19(8-7-14-28-24(26)35)22(33)29-18-12-10-17(11-13-18)15-37-25(36)27-4;1-8-13-29(7,26)21-12-10-18-17(9-11-20(21)25)19(18)15-32-28-23(2,3)16-31-24(4,5)14-22(30)27-6;2*1-2/h10-13,16,19,21H,5-9,14-15H2,1-4H3,(H,27,36)(H,29,33)(H,30,34)(H,31,32)(H3,26,28,35);17-19,28H,8-16,25-26H2,1-7H3;1-2H3;1H2/p+1/b;21-20-;;. The lowest BCUT2D eigenvalue weighted by molar-refractivity contribution is -0.886. The van der Waals surface area contributed by atoms with Crippen LogP contribution in [-0.4, -0.2) is 118 Å². The zero-order valence-electron chi connectivity index (χ0n) is 46.6. The number of anilines is 1. The van der Waals surface area contributed by atoms with Gasteiger partial charge in [0, 0.05) is 39.2 Å². The number of hydrogen-bond donors (Lipinski definition) is 10. The van der Waals surface area contributed by atoms with Gasteiger partial charge in [0.25, 0.3) is 0 Å². The lowest BCUT2D eigenvalue weighted by Crippen LogP contribution is -2.54. The molecule has 0 heterocycles. The average Bonchev–Trinajstić information content (AvgIpc) is 4.00. The number of fused-ring (bicyclic) bond motifs is 1. The van der Waals surface area contributed by atoms with Crippen LogP contribution < -0.4 is 54.7 Å². The lowest BCUT2D eigenvalue weighted by atomic mass is 10.0. The van der Waals surface area contributed by atoms with E-state index in [0.29, 0.717) is 66.9 Å². The van der Waals surface area contributed by atoms with Crippen LogP contribution in [0.4, 0.5) is 15.3 Å². The number of carbonyl (C=O) groups excluding carboxylic acids is 7. The fraction of sp³-hybridized carbons (Fsp3) is 0.712. The van der Waals surface area contributed by atoms with E-state index in [2.05, 4.69) is 51.4 Å². The van der Waals surface area contributed by atoms with Gasteiger partial charge in [-0.3, -0.25) is 19.2 Å². The molecule has 21 heteroatoms. The predicted octanol–water partition coefficient (Wildman–Crippen LogP) is 5.14. The maximum Gasteiger partial charge on any atom is 0.407 e. The summed E-state index contributed by atoms with van der Waals surface area (Å²) >= 11 is 0. The van der Waals surface area contributed by atoms with E-state index in [1.165, 1.54) is 12.7 Å². The second-order valence-electron chi connectivity index (χ2n) is 20.1. The number of primary amides is 1. The van der Waals surface area contributed by atoms with Crippen LogP contribution in [-0.2, 0) is 44.9 Å². The van der Waals surface area contributed by atoms with E-state index in [1.807, 2.05) is 69.1 Å². The Bertz CT molecular complexity index is 1860. The Kier molecular flexibility index (Phi) is 32.4. The summed E-state index contributed by atoms with van der Waals surface area (Å²) in [5, 5.41) is 15.7. The number of ether oxygens (including phenoxy) is 2. The number of nitrogens with one attached hydrogen (secondary N) is 7. The fourth-order valence-corrected chi connectivity index (χ4v) is 8.31. The summed E-state index contributed by atoms with van der Waals surface area (Å²) in [6.45, 7) is 24.1. The first kappa shape index (κ1) is 67.6. The largest absolute Gasteiger partial charge is 0.445 e. The minimum absolute atomic E-state index is 0.0260. The van der Waals surface area contributed by atoms with E-state index >= 15 is 0 Å². The number of allylic oxidation sites excluding steroid dienone is 2. The van der Waals surface area contributed by atoms with E-state index < -0.39 is 41.6 Å². The third-order valence-corrected chi connectivity index (χ3v) is 12.4. The van der Waals surface area contributed by atoms with Gasteiger partial charge in [-0.15, -0.1) is 0 Å². The number of unbranched alkanes of at least 4 members (excludes halogenated alkanes) is 1. The number of quaternary nitrogens is 1. The van der Waals surface area contributed by atoms with Crippen molar-refractivity contribution in [1.82, 2.24) is 32.1 Å². The van der Waals surface area contributed by atoms with E-state index in [4.69, 9.17) is 36.4 Å². The van der Waals surface area contributed by atoms with Gasteiger partial charge in [0.05, 0.1) is 43.5 Å². The third-order valence-electron chi connectivity index (χ3n) is 12.4. The fourth-order valence-electron chi connectivity index (χ4n) is 8.31. The van der Waals surface area contributed by atoms with E-state index in [-0.39, 0.29) is 42.8 Å². The highest BCUT2D eigenvalue weighted by Crippen LogP contribution is 2.54. The van der Waals surface area contributed by atoms with Crippen LogP contribution in [0.15, 0.2) is 35.7 Å². The number of amides is 7. The zero-order chi connectivity index (χ0) is 56.0. The molecule has 1 saturated carbocycles. The Morgan fingerprint density at radius 3 is 2.03 bits per heavy atom. The molecular formula is C52H96N11O10+. The molecule has 0 spiro atoms. The number of nitrogens with zero attached hydrogens (tertiary/aromatic N) is 1. The quantitative estimate of drug-likeness (QED) is 0.0237. The summed E-state index contributed by atoms with van der Waals surface area (Å²) < 4.78 is 11.4. The molecular weight excluding hydrogens is 939 g/mol. The Morgan fingerprint density at radius 2 is 1.48 bits per heavy atom. The Labute approximate surface area is 436 Å². The number of hydrogen-bond acceptors (Lipinski definition) is 13. The molecule has 6 atom stereocenters. The van der Waals surface area contributed by atoms with E-state index in [0.717, 1.165) is 56.3 Å². The number of hydroxylamine groups is 1. The molecule has 0 bridgehead atoms. The van der Waals surface area contributed by atoms with Crippen LogP contribution in [0.3, 0.4) is 0 Å². The number of alkyl carbamates (subject to hydrolysis) is 1. The third kappa shape index (κ3) is 27.0. The van der Waals surface area contributed by atoms with Crippen molar-refractivity contribution in [3.63, 3.8) is 0 Å². The topological polar surface area (TPSA) is 309 Å². The van der Waals surface area contributed by atoms with Crippen LogP contribution in [0.5, 0.6) is 0 Å². The maximum atomic E-state index is 13.1. The van der Waals surface area contributed by atoms with Gasteiger partial charge in [-0.2, -0.15) is 11.3 Å². The van der Waals surface area contributed by atoms with Crippen LogP contribution >= 0.6 is 0 Å². The van der Waals surface area contributed by atoms with Crippen molar-refractivity contribution in [3.05, 3.63) is 41.2 Å². The highest BCUT2D eigenvalue weighted by Gasteiger charge is 2.50. The summed E-state index contributed by atoms with van der Waals surface area (Å²) in [7, 11) is 5.17. The zero-order valence-corrected chi connectivity index (χ0v) is 46.6. The predicted molar refractivity (Wildman–Crippen MR) is 285 cm³/mol. The first-order chi connectivity index (χ1) is 34.4. The SMILES string of the molecule is C=O.CC.CCCCC(=O)NC(C(=O)NC(CCCNC(N)=O)C(=O)Nc1ccc(COC(=O)NC)cc1)C(C)C.CCC[N+](C)(N)/C1=C(\N)CCC2C(CC1)C2CONC(C)(C)COC(C)(C)CC(=O)NC. The molecule has 0 radical (unpaired) electrons. The highest BCUT2D eigenvalue weighted by atomic mass is 16.7. The van der Waals surface area contributed by atoms with Crippen molar-refractivity contribution in [1.29, 1.82) is 0 Å². The minimum Gasteiger partial charge on any atom is -0.445 e. The van der Waals surface area contributed by atoms with Gasteiger partial charge in [0.15, 0.2) is 0 Å². The molecule has 21 nitrogen and oxygen atoms in total. The number of benzene rings is 1. The highest BCUT2D eigenvalue weighted by molar-refractivity contribution is 5.98. The molecule has 3 rings (SSSR count). The number of carbonyl (C=O) groups is 7. The average molecular weight is 1040 g/mol. The van der Waals surface area contributed by atoms with Crippen LogP contribution in [0.1, 0.15) is 145 Å². The van der Waals surface area contributed by atoms with Crippen LogP contribution in [0, 0.1) is 23.7 Å². The van der Waals surface area contributed by atoms with Crippen molar-refractivity contribution in [2.24, 2.45) is 41.0 Å². The second-order valence-corrected chi connectivity index (χ2v) is 20.1. The molecule has 2 aliphatic carbocycles. The lowest BCUT2D eigenvalue weighted by Gasteiger charge is -2.32. The molecule has 73 heavy (non-hydrogen) atoms. The molecule has 1 aromatic rings. The first-order valence-electron chi connectivity index (χ1n) is 25.9. The van der Waals surface area contributed by atoms with E-state index in [1.54, 1.807) is 31.3 Å². The minimum atomic E-state index is -0.924. The number of nitrogens with two attached hydrogens (primary N) is 3. The Hall–Kier alpha value is -5.35. The smallest absolute Gasteiger partial charge is 0.407 e. The molecule has 418 valence electrons. The summed E-state index contributed by atoms with van der Waals surface area (Å²) in [5.41, 5.74) is 17.3. The summed E-state index contributed by atoms with van der Waals surface area (Å²) in [4.78, 5) is 86.1. The van der Waals surface area contributed by atoms with Gasteiger partial charge >= 0.3 is 12.1 Å². The molecule has 0 aliphatic heterocycles. The van der Waals surface area contributed by atoms with Gasteiger partial charge in [-0.25, -0.2) is 14.2 Å². The molecule has 7 amide bonds. The molecule has 0 saturated heterocycles. The van der Waals surface area contributed by atoms with Gasteiger partial charge in [-0.1, -0.05) is 60.1 Å². The van der Waals surface area contributed by atoms with Gasteiger partial charge in [-0.05, 0) is 114 Å². The van der Waals surface area contributed by atoms with E-state index in [9.17, 15) is 28.8 Å². The summed E-state index contributed by atoms with van der Waals surface area (Å²) in [6.07, 6.45) is 7.45. The number of rotatable bonds is 27. The normalized spacial score (nSPS) is 18.7. The maximum absolute atomic E-state index is 13.1. The molecule has 1 fully saturated rings. The monoisotopic (exact) mass is 1030 g/mol. The van der Waals surface area contributed by atoms with Gasteiger partial charge < -0.3 is 62.5 Å². The van der Waals surface area contributed by atoms with Gasteiger partial charge in [0.2, 0.25) is 23.6 Å². The molecule has 2 aliphatic rings. The van der Waals surface area contributed by atoms with Crippen molar-refractivity contribution in [2.45, 2.75) is 170 Å². The van der Waals surface area contributed by atoms with Crippen molar-refractivity contribution in [3.8, 4) is 0 Å². The first-order valence-corrected chi connectivity index (χ1v) is 25.9. The molecule has 1 aromatic carbocycles. The van der Waals surface area contributed by atoms with Crippen molar-refractivity contribution >= 4 is 48.2 Å². The van der Waals surface area contributed by atoms with Crippen molar-refractivity contribution in [2.75, 3.05) is 52.8 Å². The van der Waals surface area contributed by atoms with Crippen molar-refractivity contribution < 1.29 is 52.5 Å². The summed E-state index contributed by atoms with van der Waals surface area (Å²) in [6, 6.07) is 4.29. The molecule has 13 N–H and O–H groups in total. The number of urea groups is 1. The second kappa shape index (κ2) is 35.0. The molecule has 6 unspecified atom stereocenters. The van der Waals surface area contributed by atoms with Crippen LogP contribution in [0.2, 0.25) is 0 Å².